The van der Waals surface area contributed by atoms with Crippen LogP contribution in [0, 0.1) is 44.4 Å². The van der Waals surface area contributed by atoms with Crippen LogP contribution in [-0.2, 0) is 0 Å². The summed E-state index contributed by atoms with van der Waals surface area (Å²) in [6, 6.07) is 14.8. The molecule has 0 amide bonds. The fourth-order valence-corrected chi connectivity index (χ4v) is 2.78. The maximum atomic E-state index is 13.6. The van der Waals surface area contributed by atoms with Gasteiger partial charge in [-0.05, 0) is 36.4 Å². The van der Waals surface area contributed by atoms with Crippen molar-refractivity contribution in [1.29, 1.82) is 10.5 Å². The third-order valence-electron chi connectivity index (χ3n) is 4.31. The molecule has 2 N–H and O–H groups in total. The monoisotopic (exact) mass is 432 g/mol. The Morgan fingerprint density at radius 3 is 1.75 bits per heavy atom. The lowest BCUT2D eigenvalue weighted by molar-refractivity contribution is -0.385. The summed E-state index contributed by atoms with van der Waals surface area (Å²) in [6.07, 6.45) is 6.16. The number of hydrogen-bond donors (Lipinski definition) is 1. The van der Waals surface area contributed by atoms with Crippen LogP contribution in [-0.4, -0.2) is 14.1 Å². The Morgan fingerprint density at radius 1 is 0.844 bits per heavy atom. The first-order valence-corrected chi connectivity index (χ1v) is 8.98. The predicted molar refractivity (Wildman–Crippen MR) is 112 cm³/mol. The van der Waals surface area contributed by atoms with Gasteiger partial charge in [-0.2, -0.15) is 10.5 Å². The maximum Gasteiger partial charge on any atom is 0.272 e. The van der Waals surface area contributed by atoms with E-state index in [4.69, 9.17) is 16.3 Å². The number of halogens is 2. The molecule has 0 radical (unpaired) electrons. The molecule has 4 rings (SSSR count). The van der Waals surface area contributed by atoms with Gasteiger partial charge in [0.15, 0.2) is 5.82 Å². The molecule has 0 atom stereocenters. The van der Waals surface area contributed by atoms with Gasteiger partial charge in [0.1, 0.15) is 18.0 Å². The van der Waals surface area contributed by atoms with E-state index in [0.717, 1.165) is 6.07 Å². The van der Waals surface area contributed by atoms with Crippen molar-refractivity contribution in [3.05, 3.63) is 106 Å². The van der Waals surface area contributed by atoms with E-state index in [2.05, 4.69) is 0 Å². The highest BCUT2D eigenvalue weighted by Gasteiger charge is 2.12. The number of non-ortho nitro benzene ring substituents is 1. The lowest BCUT2D eigenvalue weighted by Crippen LogP contribution is -1.96. The van der Waals surface area contributed by atoms with Crippen molar-refractivity contribution < 1.29 is 13.7 Å². The zero-order valence-corrected chi connectivity index (χ0v) is 16.3. The molecule has 0 bridgehead atoms. The lowest BCUT2D eigenvalue weighted by Gasteiger charge is -2.04. The van der Waals surface area contributed by atoms with E-state index in [9.17, 15) is 18.9 Å². The number of nitrogen functional groups attached to an aromatic ring is 1. The third kappa shape index (κ3) is 4.78. The minimum atomic E-state index is -0.709. The first-order chi connectivity index (χ1) is 15.3. The largest absolute Gasteiger partial charge is 0.399 e. The number of benzene rings is 2. The third-order valence-corrected chi connectivity index (χ3v) is 4.31. The van der Waals surface area contributed by atoms with E-state index in [1.54, 1.807) is 35.2 Å². The van der Waals surface area contributed by atoms with Crippen LogP contribution in [0.15, 0.2) is 73.3 Å². The number of nitriles is 2. The average molecular weight is 432 g/mol. The molecule has 32 heavy (non-hydrogen) atoms. The summed E-state index contributed by atoms with van der Waals surface area (Å²) < 4.78 is 30.0. The molecular formula is C22H14F2N6O2. The summed E-state index contributed by atoms with van der Waals surface area (Å²) in [6.45, 7) is 0. The second-order valence-electron chi connectivity index (χ2n) is 6.44. The zero-order chi connectivity index (χ0) is 23.3. The molecule has 0 saturated heterocycles. The molecule has 0 unspecified atom stereocenters. The number of nitro groups is 1. The van der Waals surface area contributed by atoms with Gasteiger partial charge in [0.05, 0.1) is 33.5 Å². The summed E-state index contributed by atoms with van der Waals surface area (Å²) in [7, 11) is 0. The van der Waals surface area contributed by atoms with E-state index in [1.807, 2.05) is 12.1 Å². The second-order valence-corrected chi connectivity index (χ2v) is 6.44. The van der Waals surface area contributed by atoms with Gasteiger partial charge in [0.2, 0.25) is 0 Å². The van der Waals surface area contributed by atoms with Gasteiger partial charge in [0, 0.05) is 36.5 Å². The summed E-state index contributed by atoms with van der Waals surface area (Å²) in [5, 5.41) is 27.7. The van der Waals surface area contributed by atoms with Crippen molar-refractivity contribution in [2.75, 3.05) is 5.73 Å². The van der Waals surface area contributed by atoms with E-state index >= 15 is 0 Å². The Morgan fingerprint density at radius 2 is 1.34 bits per heavy atom. The quantitative estimate of drug-likeness (QED) is 0.290. The van der Waals surface area contributed by atoms with Crippen LogP contribution in [0.1, 0.15) is 11.1 Å². The van der Waals surface area contributed by atoms with Crippen LogP contribution < -0.4 is 5.73 Å². The number of nitrogens with two attached hydrogens (primary N) is 1. The fraction of sp³-hybridized carbons (Fsp3) is 0. The van der Waals surface area contributed by atoms with Crippen molar-refractivity contribution in [3.63, 3.8) is 0 Å². The molecule has 0 saturated carbocycles. The molecule has 2 aromatic heterocycles. The first kappa shape index (κ1) is 21.7. The summed E-state index contributed by atoms with van der Waals surface area (Å²) >= 11 is 0. The maximum absolute atomic E-state index is 13.6. The van der Waals surface area contributed by atoms with Gasteiger partial charge in [-0.15, -0.1) is 0 Å². The lowest BCUT2D eigenvalue weighted by atomic mass is 10.2. The van der Waals surface area contributed by atoms with Gasteiger partial charge in [0.25, 0.3) is 5.69 Å². The van der Waals surface area contributed by atoms with E-state index < -0.39 is 16.6 Å². The molecule has 4 aromatic rings. The Balaban J connectivity index is 0.000000182. The van der Waals surface area contributed by atoms with Gasteiger partial charge in [-0.3, -0.25) is 10.1 Å². The molecule has 0 spiro atoms. The van der Waals surface area contributed by atoms with Crippen LogP contribution in [0.5, 0.6) is 0 Å². The van der Waals surface area contributed by atoms with Crippen molar-refractivity contribution in [1.82, 2.24) is 9.13 Å². The molecule has 0 fully saturated rings. The first-order valence-electron chi connectivity index (χ1n) is 8.98. The summed E-state index contributed by atoms with van der Waals surface area (Å²) in [5.74, 6) is -1.12. The topological polar surface area (TPSA) is 127 Å². The van der Waals surface area contributed by atoms with Crippen LogP contribution in [0.3, 0.4) is 0 Å². The van der Waals surface area contributed by atoms with Gasteiger partial charge >= 0.3 is 0 Å². The molecule has 158 valence electrons. The molecule has 8 nitrogen and oxygen atoms in total. The Bertz CT molecular complexity index is 1380. The summed E-state index contributed by atoms with van der Waals surface area (Å²) in [5.41, 5.74) is 6.93. The van der Waals surface area contributed by atoms with Crippen molar-refractivity contribution in [2.45, 2.75) is 0 Å². The molecular weight excluding hydrogens is 418 g/mol. The minimum absolute atomic E-state index is 0.164. The van der Waals surface area contributed by atoms with E-state index in [-0.39, 0.29) is 11.4 Å². The van der Waals surface area contributed by atoms with Crippen molar-refractivity contribution >= 4 is 11.4 Å². The SMILES string of the molecule is N#Cc1ccn(-c2ccc(N)cc2F)c1.N#Cc1ccn(-c2ccc([N+](=O)[O-])cc2F)c1. The average Bonchev–Trinajstić information content (AvgIpc) is 3.43. The van der Waals surface area contributed by atoms with Gasteiger partial charge in [-0.25, -0.2) is 8.78 Å². The van der Waals surface area contributed by atoms with E-state index in [0.29, 0.717) is 22.5 Å². The predicted octanol–water partition coefficient (Wildman–Crippen LogP) is 4.47. The van der Waals surface area contributed by atoms with Crippen LogP contribution in [0.4, 0.5) is 20.2 Å². The molecule has 0 aliphatic rings. The highest BCUT2D eigenvalue weighted by Crippen LogP contribution is 2.20. The number of nitro benzene ring substituents is 1. The highest BCUT2D eigenvalue weighted by atomic mass is 19.1. The Labute approximate surface area is 180 Å². The zero-order valence-electron chi connectivity index (χ0n) is 16.3. The minimum Gasteiger partial charge on any atom is -0.399 e. The summed E-state index contributed by atoms with van der Waals surface area (Å²) in [4.78, 5) is 9.78. The van der Waals surface area contributed by atoms with Crippen molar-refractivity contribution in [3.8, 4) is 23.5 Å². The van der Waals surface area contributed by atoms with E-state index in [1.165, 1.54) is 41.2 Å². The van der Waals surface area contributed by atoms with Crippen LogP contribution in [0.2, 0.25) is 0 Å². The number of aromatic nitrogens is 2. The number of anilines is 1. The molecule has 2 aromatic carbocycles. The molecule has 0 aliphatic carbocycles. The highest BCUT2D eigenvalue weighted by molar-refractivity contribution is 5.47. The second kappa shape index (κ2) is 9.24. The Kier molecular flexibility index (Phi) is 6.28. The fourth-order valence-electron chi connectivity index (χ4n) is 2.78. The number of hydrogen-bond acceptors (Lipinski definition) is 5. The smallest absolute Gasteiger partial charge is 0.272 e. The van der Waals surface area contributed by atoms with Gasteiger partial charge < -0.3 is 14.9 Å². The molecule has 0 aliphatic heterocycles. The standard InChI is InChI=1S/C11H6FN3O2.C11H8FN3/c12-10-5-9(15(16)17)1-2-11(10)14-4-3-8(6-13)7-14;12-10-5-9(14)1-2-11(10)15-4-3-8(6-13)7-15/h1-5,7H;1-5,7H,14H2. The van der Waals surface area contributed by atoms with Crippen LogP contribution >= 0.6 is 0 Å². The number of nitrogens with zero attached hydrogens (tertiary/aromatic N) is 5. The number of rotatable bonds is 3. The molecule has 2 heterocycles. The van der Waals surface area contributed by atoms with Crippen molar-refractivity contribution in [2.24, 2.45) is 0 Å². The van der Waals surface area contributed by atoms with Crippen LogP contribution in [0.25, 0.3) is 11.4 Å². The molecule has 10 heteroatoms. The Hall–Kier alpha value is -4.96. The van der Waals surface area contributed by atoms with Gasteiger partial charge in [-0.1, -0.05) is 0 Å². The normalized spacial score (nSPS) is 9.88.